The molecule has 1 heterocycles. The SMILES string of the molecule is O[C@H](CNCc1ccco1)COc1ccccc1. The van der Waals surface area contributed by atoms with Crippen LogP contribution in [0, 0.1) is 0 Å². The summed E-state index contributed by atoms with van der Waals surface area (Å²) in [7, 11) is 0. The Hall–Kier alpha value is -1.78. The molecule has 0 aliphatic rings. The predicted molar refractivity (Wildman–Crippen MR) is 68.4 cm³/mol. The first-order valence-electron chi connectivity index (χ1n) is 5.93. The van der Waals surface area contributed by atoms with Gasteiger partial charge in [0.05, 0.1) is 12.8 Å². The number of aliphatic hydroxyl groups is 1. The highest BCUT2D eigenvalue weighted by Gasteiger charge is 2.05. The van der Waals surface area contributed by atoms with Crippen LogP contribution in [0.25, 0.3) is 0 Å². The Bertz CT molecular complexity index is 428. The Labute approximate surface area is 106 Å². The summed E-state index contributed by atoms with van der Waals surface area (Å²) in [5.41, 5.74) is 0. The molecular weight excluding hydrogens is 230 g/mol. The summed E-state index contributed by atoms with van der Waals surface area (Å²) in [5.74, 6) is 1.62. The maximum Gasteiger partial charge on any atom is 0.119 e. The first-order chi connectivity index (χ1) is 8.84. The number of ether oxygens (including phenoxy) is 1. The van der Waals surface area contributed by atoms with Gasteiger partial charge < -0.3 is 19.6 Å². The number of furan rings is 1. The van der Waals surface area contributed by atoms with E-state index in [9.17, 15) is 5.11 Å². The molecule has 2 N–H and O–H groups in total. The summed E-state index contributed by atoms with van der Waals surface area (Å²) in [6.45, 7) is 1.35. The monoisotopic (exact) mass is 247 g/mol. The van der Waals surface area contributed by atoms with Gasteiger partial charge in [0, 0.05) is 6.54 Å². The fourth-order valence-corrected chi connectivity index (χ4v) is 1.54. The van der Waals surface area contributed by atoms with Gasteiger partial charge in [-0.2, -0.15) is 0 Å². The van der Waals surface area contributed by atoms with E-state index in [0.717, 1.165) is 11.5 Å². The fraction of sp³-hybridized carbons (Fsp3) is 0.286. The Balaban J connectivity index is 1.62. The lowest BCUT2D eigenvalue weighted by atomic mass is 10.3. The minimum absolute atomic E-state index is 0.273. The molecule has 0 aliphatic heterocycles. The molecule has 0 radical (unpaired) electrons. The Morgan fingerprint density at radius 2 is 2.00 bits per heavy atom. The third-order valence-electron chi connectivity index (χ3n) is 2.44. The van der Waals surface area contributed by atoms with E-state index in [-0.39, 0.29) is 6.61 Å². The van der Waals surface area contributed by atoms with Gasteiger partial charge in [-0.1, -0.05) is 18.2 Å². The summed E-state index contributed by atoms with van der Waals surface area (Å²) in [5, 5.41) is 12.8. The van der Waals surface area contributed by atoms with Gasteiger partial charge in [0.15, 0.2) is 0 Å². The van der Waals surface area contributed by atoms with Crippen molar-refractivity contribution in [2.24, 2.45) is 0 Å². The fourth-order valence-electron chi connectivity index (χ4n) is 1.54. The Morgan fingerprint density at radius 1 is 1.17 bits per heavy atom. The van der Waals surface area contributed by atoms with Gasteiger partial charge in [-0.25, -0.2) is 0 Å². The average molecular weight is 247 g/mol. The highest BCUT2D eigenvalue weighted by molar-refractivity contribution is 5.20. The van der Waals surface area contributed by atoms with Crippen LogP contribution in [0.3, 0.4) is 0 Å². The van der Waals surface area contributed by atoms with Crippen molar-refractivity contribution in [2.45, 2.75) is 12.6 Å². The van der Waals surface area contributed by atoms with Crippen LogP contribution in [0.1, 0.15) is 5.76 Å². The van der Waals surface area contributed by atoms with Crippen molar-refractivity contribution < 1.29 is 14.3 Å². The third kappa shape index (κ3) is 4.24. The smallest absolute Gasteiger partial charge is 0.119 e. The number of aliphatic hydroxyl groups excluding tert-OH is 1. The van der Waals surface area contributed by atoms with Crippen LogP contribution in [0.4, 0.5) is 0 Å². The number of para-hydroxylation sites is 1. The van der Waals surface area contributed by atoms with Crippen LogP contribution < -0.4 is 10.1 Å². The Morgan fingerprint density at radius 3 is 2.72 bits per heavy atom. The van der Waals surface area contributed by atoms with Crippen molar-refractivity contribution in [1.29, 1.82) is 0 Å². The normalized spacial score (nSPS) is 12.3. The lowest BCUT2D eigenvalue weighted by molar-refractivity contribution is 0.106. The summed E-state index contributed by atoms with van der Waals surface area (Å²) in [4.78, 5) is 0. The van der Waals surface area contributed by atoms with Crippen LogP contribution in [0.2, 0.25) is 0 Å². The minimum Gasteiger partial charge on any atom is -0.491 e. The molecule has 2 rings (SSSR count). The summed E-state index contributed by atoms with van der Waals surface area (Å²) >= 11 is 0. The molecule has 0 unspecified atom stereocenters. The zero-order valence-corrected chi connectivity index (χ0v) is 10.1. The molecule has 96 valence electrons. The largest absolute Gasteiger partial charge is 0.491 e. The number of benzene rings is 1. The van der Waals surface area contributed by atoms with Gasteiger partial charge in [-0.3, -0.25) is 0 Å². The molecule has 18 heavy (non-hydrogen) atoms. The van der Waals surface area contributed by atoms with E-state index in [2.05, 4.69) is 5.32 Å². The molecule has 1 atom stereocenters. The van der Waals surface area contributed by atoms with Crippen LogP contribution in [0.5, 0.6) is 5.75 Å². The van der Waals surface area contributed by atoms with Crippen molar-refractivity contribution in [3.63, 3.8) is 0 Å². The summed E-state index contributed by atoms with van der Waals surface area (Å²) < 4.78 is 10.6. The zero-order valence-electron chi connectivity index (χ0n) is 10.1. The van der Waals surface area contributed by atoms with Crippen LogP contribution >= 0.6 is 0 Å². The molecule has 0 fully saturated rings. The van der Waals surface area contributed by atoms with Crippen molar-refractivity contribution in [2.75, 3.05) is 13.2 Å². The van der Waals surface area contributed by atoms with Gasteiger partial charge in [0.1, 0.15) is 24.2 Å². The molecule has 1 aromatic heterocycles. The van der Waals surface area contributed by atoms with E-state index in [4.69, 9.17) is 9.15 Å². The van der Waals surface area contributed by atoms with Crippen LogP contribution in [0.15, 0.2) is 53.1 Å². The standard InChI is InChI=1S/C14H17NO3/c16-12(9-15-10-14-7-4-8-17-14)11-18-13-5-2-1-3-6-13/h1-8,12,15-16H,9-11H2/t12-/m1/s1. The molecule has 1 aromatic carbocycles. The van der Waals surface area contributed by atoms with E-state index in [1.165, 1.54) is 0 Å². The number of hydrogen-bond acceptors (Lipinski definition) is 4. The van der Waals surface area contributed by atoms with E-state index >= 15 is 0 Å². The van der Waals surface area contributed by atoms with Crippen molar-refractivity contribution in [3.8, 4) is 5.75 Å². The molecule has 0 bridgehead atoms. The molecule has 0 aliphatic carbocycles. The van der Waals surface area contributed by atoms with Gasteiger partial charge in [0.25, 0.3) is 0 Å². The van der Waals surface area contributed by atoms with Crippen molar-refractivity contribution >= 4 is 0 Å². The van der Waals surface area contributed by atoms with Gasteiger partial charge in [0.2, 0.25) is 0 Å². The second kappa shape index (κ2) is 6.83. The van der Waals surface area contributed by atoms with E-state index < -0.39 is 6.10 Å². The number of nitrogens with one attached hydrogen (secondary N) is 1. The minimum atomic E-state index is -0.542. The number of rotatable bonds is 7. The third-order valence-corrected chi connectivity index (χ3v) is 2.44. The molecule has 2 aromatic rings. The predicted octanol–water partition coefficient (Wildman–Crippen LogP) is 1.81. The Kier molecular flexibility index (Phi) is 4.81. The van der Waals surface area contributed by atoms with Gasteiger partial charge >= 0.3 is 0 Å². The van der Waals surface area contributed by atoms with Gasteiger partial charge in [-0.15, -0.1) is 0 Å². The molecule has 0 spiro atoms. The van der Waals surface area contributed by atoms with Gasteiger partial charge in [-0.05, 0) is 24.3 Å². The first-order valence-corrected chi connectivity index (χ1v) is 5.93. The highest BCUT2D eigenvalue weighted by atomic mass is 16.5. The lowest BCUT2D eigenvalue weighted by Gasteiger charge is -2.12. The van der Waals surface area contributed by atoms with Crippen LogP contribution in [-0.2, 0) is 6.54 Å². The van der Waals surface area contributed by atoms with E-state index in [1.54, 1.807) is 6.26 Å². The second-order valence-corrected chi connectivity index (χ2v) is 3.99. The highest BCUT2D eigenvalue weighted by Crippen LogP contribution is 2.08. The lowest BCUT2D eigenvalue weighted by Crippen LogP contribution is -2.31. The maximum absolute atomic E-state index is 9.72. The maximum atomic E-state index is 9.72. The quantitative estimate of drug-likeness (QED) is 0.783. The van der Waals surface area contributed by atoms with Crippen molar-refractivity contribution in [3.05, 3.63) is 54.5 Å². The molecule has 0 saturated carbocycles. The zero-order chi connectivity index (χ0) is 12.6. The molecular formula is C14H17NO3. The van der Waals surface area contributed by atoms with E-state index in [1.807, 2.05) is 42.5 Å². The molecule has 0 saturated heterocycles. The van der Waals surface area contributed by atoms with Crippen LogP contribution in [-0.4, -0.2) is 24.4 Å². The molecule has 4 heteroatoms. The first kappa shape index (κ1) is 12.7. The van der Waals surface area contributed by atoms with Crippen molar-refractivity contribution in [1.82, 2.24) is 5.32 Å². The topological polar surface area (TPSA) is 54.6 Å². The molecule has 0 amide bonds. The summed E-state index contributed by atoms with van der Waals surface area (Å²) in [6.07, 6.45) is 1.09. The second-order valence-electron chi connectivity index (χ2n) is 3.99. The van der Waals surface area contributed by atoms with E-state index in [0.29, 0.717) is 13.1 Å². The average Bonchev–Trinajstić information content (AvgIpc) is 2.91. The number of hydrogen-bond donors (Lipinski definition) is 2. The summed E-state index contributed by atoms with van der Waals surface area (Å²) in [6, 6.07) is 13.2. The molecule has 4 nitrogen and oxygen atoms in total.